The molecule has 0 saturated carbocycles. The number of anilines is 1. The van der Waals surface area contributed by atoms with Gasteiger partial charge in [0.1, 0.15) is 5.75 Å². The molecule has 0 aliphatic carbocycles. The number of benzene rings is 1. The molecule has 0 fully saturated rings. The fraction of sp³-hybridized carbons (Fsp3) is 0.333. The molecule has 2 N–H and O–H groups in total. The first-order valence-electron chi connectivity index (χ1n) is 5.69. The summed E-state index contributed by atoms with van der Waals surface area (Å²) in [6, 6.07) is 7.96. The second-order valence-electron chi connectivity index (χ2n) is 3.71. The first kappa shape index (κ1) is 12.8. The van der Waals surface area contributed by atoms with E-state index < -0.39 is 0 Å². The minimum atomic E-state index is 0.438. The maximum atomic E-state index is 5.79. The Morgan fingerprint density at radius 2 is 2.00 bits per heavy atom. The number of hydrogen-bond acceptors (Lipinski definition) is 5. The Kier molecular flexibility index (Phi) is 4.09. The molecule has 0 unspecified atom stereocenters. The lowest BCUT2D eigenvalue weighted by atomic mass is 10.2. The van der Waals surface area contributed by atoms with Crippen molar-refractivity contribution in [2.24, 2.45) is 0 Å². The van der Waals surface area contributed by atoms with E-state index in [1.54, 1.807) is 0 Å². The van der Waals surface area contributed by atoms with Crippen molar-refractivity contribution in [1.29, 1.82) is 0 Å². The Bertz CT molecular complexity index is 509. The molecule has 0 aliphatic heterocycles. The van der Waals surface area contributed by atoms with Crippen LogP contribution in [0.15, 0.2) is 29.4 Å². The van der Waals surface area contributed by atoms with E-state index in [1.807, 2.05) is 42.0 Å². The lowest BCUT2D eigenvalue weighted by Crippen LogP contribution is -2.05. The molecule has 0 spiro atoms. The van der Waals surface area contributed by atoms with Gasteiger partial charge < -0.3 is 10.5 Å². The Balaban J connectivity index is 2.15. The average molecular weight is 264 g/mol. The molecule has 0 atom stereocenters. The minimum Gasteiger partial charge on any atom is -0.494 e. The van der Waals surface area contributed by atoms with E-state index in [9.17, 15) is 0 Å². The van der Waals surface area contributed by atoms with Crippen LogP contribution in [0, 0.1) is 0 Å². The van der Waals surface area contributed by atoms with Gasteiger partial charge >= 0.3 is 0 Å². The molecule has 1 heterocycles. The standard InChI is InChI=1S/C12H16N4OS/c1-3-17-10-6-4-9(5-7-10)8-16-11(13)14-15-12(16)18-2/h4-7H,3,8H2,1-2H3,(H2,13,14). The van der Waals surface area contributed by atoms with E-state index in [4.69, 9.17) is 10.5 Å². The first-order chi connectivity index (χ1) is 8.74. The Morgan fingerprint density at radius 3 is 2.61 bits per heavy atom. The molecule has 1 aromatic carbocycles. The maximum Gasteiger partial charge on any atom is 0.222 e. The normalized spacial score (nSPS) is 10.6. The third-order valence-corrected chi connectivity index (χ3v) is 3.17. The van der Waals surface area contributed by atoms with Crippen molar-refractivity contribution in [3.05, 3.63) is 29.8 Å². The van der Waals surface area contributed by atoms with Gasteiger partial charge in [-0.1, -0.05) is 23.9 Å². The zero-order valence-electron chi connectivity index (χ0n) is 10.5. The Labute approximate surface area is 110 Å². The second-order valence-corrected chi connectivity index (χ2v) is 4.48. The molecule has 0 aliphatic rings. The number of ether oxygens (including phenoxy) is 1. The average Bonchev–Trinajstić information content (AvgIpc) is 2.73. The van der Waals surface area contributed by atoms with Crippen molar-refractivity contribution in [3.63, 3.8) is 0 Å². The van der Waals surface area contributed by atoms with Gasteiger partial charge in [0.15, 0.2) is 5.16 Å². The fourth-order valence-corrected chi connectivity index (χ4v) is 2.14. The zero-order valence-corrected chi connectivity index (χ0v) is 11.3. The molecule has 2 aromatic rings. The van der Waals surface area contributed by atoms with Gasteiger partial charge in [-0.2, -0.15) is 0 Å². The van der Waals surface area contributed by atoms with Crippen LogP contribution in [0.25, 0.3) is 0 Å². The van der Waals surface area contributed by atoms with Crippen LogP contribution in [0.1, 0.15) is 12.5 Å². The summed E-state index contributed by atoms with van der Waals surface area (Å²) in [5, 5.41) is 8.70. The lowest BCUT2D eigenvalue weighted by Gasteiger charge is -2.08. The first-order valence-corrected chi connectivity index (χ1v) is 6.91. The Hall–Kier alpha value is -1.69. The monoisotopic (exact) mass is 264 g/mol. The summed E-state index contributed by atoms with van der Waals surface area (Å²) in [6.07, 6.45) is 1.96. The van der Waals surface area contributed by atoms with Crippen LogP contribution in [0.5, 0.6) is 5.75 Å². The number of hydrogen-bond donors (Lipinski definition) is 1. The number of nitrogens with zero attached hydrogens (tertiary/aromatic N) is 3. The highest BCUT2D eigenvalue weighted by molar-refractivity contribution is 7.98. The highest BCUT2D eigenvalue weighted by atomic mass is 32.2. The SMILES string of the molecule is CCOc1ccc(Cn2c(N)nnc2SC)cc1. The molecule has 1 aromatic heterocycles. The smallest absolute Gasteiger partial charge is 0.222 e. The quantitative estimate of drug-likeness (QED) is 0.837. The van der Waals surface area contributed by atoms with Crippen LogP contribution in [0.2, 0.25) is 0 Å². The van der Waals surface area contributed by atoms with E-state index in [-0.39, 0.29) is 0 Å². The molecule has 0 radical (unpaired) electrons. The molecule has 0 amide bonds. The summed E-state index contributed by atoms with van der Waals surface area (Å²) in [5.74, 6) is 1.32. The molecule has 18 heavy (non-hydrogen) atoms. The van der Waals surface area contributed by atoms with Crippen molar-refractivity contribution in [2.45, 2.75) is 18.6 Å². The number of nitrogen functional groups attached to an aromatic ring is 1. The lowest BCUT2D eigenvalue weighted by molar-refractivity contribution is 0.340. The van der Waals surface area contributed by atoms with E-state index in [0.29, 0.717) is 19.1 Å². The van der Waals surface area contributed by atoms with Gasteiger partial charge in [0.25, 0.3) is 0 Å². The predicted molar refractivity (Wildman–Crippen MR) is 72.9 cm³/mol. The van der Waals surface area contributed by atoms with Gasteiger partial charge in [-0.25, -0.2) is 0 Å². The number of rotatable bonds is 5. The van der Waals surface area contributed by atoms with Gasteiger partial charge in [0.05, 0.1) is 13.2 Å². The van der Waals surface area contributed by atoms with Crippen molar-refractivity contribution in [1.82, 2.24) is 14.8 Å². The van der Waals surface area contributed by atoms with E-state index >= 15 is 0 Å². The number of thioether (sulfide) groups is 1. The molecular formula is C12H16N4OS. The van der Waals surface area contributed by atoms with E-state index in [2.05, 4.69) is 10.2 Å². The molecule has 6 heteroatoms. The molecule has 5 nitrogen and oxygen atoms in total. The van der Waals surface area contributed by atoms with Gasteiger partial charge in [0.2, 0.25) is 5.95 Å². The highest BCUT2D eigenvalue weighted by Crippen LogP contribution is 2.18. The summed E-state index contributed by atoms with van der Waals surface area (Å²) in [6.45, 7) is 3.31. The van der Waals surface area contributed by atoms with Crippen molar-refractivity contribution in [2.75, 3.05) is 18.6 Å². The molecular weight excluding hydrogens is 248 g/mol. The van der Waals surface area contributed by atoms with Gasteiger partial charge in [-0.15, -0.1) is 10.2 Å². The second kappa shape index (κ2) is 5.77. The van der Waals surface area contributed by atoms with Crippen LogP contribution in [0.3, 0.4) is 0 Å². The Morgan fingerprint density at radius 1 is 1.28 bits per heavy atom. The van der Waals surface area contributed by atoms with Crippen LogP contribution < -0.4 is 10.5 Å². The van der Waals surface area contributed by atoms with Gasteiger partial charge in [-0.3, -0.25) is 4.57 Å². The van der Waals surface area contributed by atoms with E-state index in [0.717, 1.165) is 16.5 Å². The van der Waals surface area contributed by atoms with Crippen molar-refractivity contribution in [3.8, 4) is 5.75 Å². The van der Waals surface area contributed by atoms with Crippen LogP contribution in [-0.2, 0) is 6.54 Å². The largest absolute Gasteiger partial charge is 0.494 e. The minimum absolute atomic E-state index is 0.438. The molecule has 2 rings (SSSR count). The fourth-order valence-electron chi connectivity index (χ4n) is 1.64. The maximum absolute atomic E-state index is 5.79. The third kappa shape index (κ3) is 2.76. The van der Waals surface area contributed by atoms with E-state index in [1.165, 1.54) is 11.8 Å². The van der Waals surface area contributed by atoms with Crippen molar-refractivity contribution < 1.29 is 4.74 Å². The third-order valence-electron chi connectivity index (χ3n) is 2.50. The molecule has 96 valence electrons. The number of nitrogens with two attached hydrogens (primary N) is 1. The van der Waals surface area contributed by atoms with Crippen LogP contribution in [0.4, 0.5) is 5.95 Å². The summed E-state index contributed by atoms with van der Waals surface area (Å²) in [7, 11) is 0. The summed E-state index contributed by atoms with van der Waals surface area (Å²) in [5.41, 5.74) is 6.93. The van der Waals surface area contributed by atoms with Crippen LogP contribution in [-0.4, -0.2) is 27.6 Å². The summed E-state index contributed by atoms with van der Waals surface area (Å²) < 4.78 is 7.29. The summed E-state index contributed by atoms with van der Waals surface area (Å²) in [4.78, 5) is 0. The molecule has 0 bridgehead atoms. The predicted octanol–water partition coefficient (Wildman–Crippen LogP) is 2.03. The summed E-state index contributed by atoms with van der Waals surface area (Å²) >= 11 is 1.53. The molecule has 0 saturated heterocycles. The van der Waals surface area contributed by atoms with Gasteiger partial charge in [-0.05, 0) is 30.9 Å². The van der Waals surface area contributed by atoms with Crippen LogP contribution >= 0.6 is 11.8 Å². The zero-order chi connectivity index (χ0) is 13.0. The topological polar surface area (TPSA) is 66.0 Å². The highest BCUT2D eigenvalue weighted by Gasteiger charge is 2.08. The van der Waals surface area contributed by atoms with Gasteiger partial charge in [0, 0.05) is 0 Å². The number of aromatic nitrogens is 3. The van der Waals surface area contributed by atoms with Crippen molar-refractivity contribution >= 4 is 17.7 Å².